The number of nitrogens with zero attached hydrogens (tertiary/aromatic N) is 3. The van der Waals surface area contributed by atoms with Gasteiger partial charge in [0.05, 0.1) is 9.79 Å². The number of carbonyl (C=O) groups excluding carboxylic acids is 1. The third kappa shape index (κ3) is 5.13. The smallest absolute Gasteiger partial charge is 0.253 e. The van der Waals surface area contributed by atoms with Gasteiger partial charge in [0.1, 0.15) is 0 Å². The zero-order valence-corrected chi connectivity index (χ0v) is 20.1. The van der Waals surface area contributed by atoms with Gasteiger partial charge < -0.3 is 4.90 Å². The van der Waals surface area contributed by atoms with Crippen molar-refractivity contribution >= 4 is 26.0 Å². The summed E-state index contributed by atoms with van der Waals surface area (Å²) in [5.74, 6) is -0.231. The van der Waals surface area contributed by atoms with Crippen molar-refractivity contribution in [3.63, 3.8) is 0 Å². The topological polar surface area (TPSA) is 95.1 Å². The maximum atomic E-state index is 12.9. The number of hydrogen-bond acceptors (Lipinski definition) is 5. The molecule has 2 heterocycles. The second kappa shape index (κ2) is 9.92. The molecule has 10 heteroatoms. The van der Waals surface area contributed by atoms with Crippen LogP contribution < -0.4 is 0 Å². The van der Waals surface area contributed by atoms with Gasteiger partial charge in [-0.05, 0) is 49.2 Å². The molecule has 178 valence electrons. The minimum atomic E-state index is -3.59. The Bertz CT molecular complexity index is 1170. The molecule has 8 nitrogen and oxygen atoms in total. The van der Waals surface area contributed by atoms with Gasteiger partial charge in [-0.1, -0.05) is 31.0 Å². The summed E-state index contributed by atoms with van der Waals surface area (Å²) in [5, 5.41) is 0. The lowest BCUT2D eigenvalue weighted by atomic mass is 10.2. The van der Waals surface area contributed by atoms with E-state index in [1.165, 1.54) is 20.7 Å². The molecule has 2 aliphatic heterocycles. The lowest BCUT2D eigenvalue weighted by Crippen LogP contribution is -2.50. The van der Waals surface area contributed by atoms with Crippen molar-refractivity contribution in [1.29, 1.82) is 0 Å². The van der Waals surface area contributed by atoms with E-state index in [1.54, 1.807) is 47.4 Å². The Balaban J connectivity index is 1.40. The molecule has 0 unspecified atom stereocenters. The molecule has 2 saturated heterocycles. The minimum Gasteiger partial charge on any atom is -0.336 e. The number of rotatable bonds is 5. The summed E-state index contributed by atoms with van der Waals surface area (Å²) in [7, 11) is -7.15. The number of hydrogen-bond donors (Lipinski definition) is 0. The third-order valence-electron chi connectivity index (χ3n) is 6.21. The van der Waals surface area contributed by atoms with E-state index in [-0.39, 0.29) is 41.9 Å². The van der Waals surface area contributed by atoms with Crippen molar-refractivity contribution in [3.05, 3.63) is 60.2 Å². The molecule has 2 fully saturated rings. The Morgan fingerprint density at radius 1 is 0.576 bits per heavy atom. The Labute approximate surface area is 195 Å². The minimum absolute atomic E-state index is 0.194. The molecule has 0 spiro atoms. The van der Waals surface area contributed by atoms with Crippen molar-refractivity contribution < 1.29 is 21.6 Å². The van der Waals surface area contributed by atoms with Crippen LogP contribution in [0.25, 0.3) is 0 Å². The van der Waals surface area contributed by atoms with Crippen molar-refractivity contribution in [2.75, 3.05) is 39.3 Å². The molecule has 4 rings (SSSR count). The van der Waals surface area contributed by atoms with Crippen LogP contribution in [0.5, 0.6) is 0 Å². The highest BCUT2D eigenvalue weighted by molar-refractivity contribution is 7.89. The van der Waals surface area contributed by atoms with E-state index in [0.29, 0.717) is 18.7 Å². The molecule has 0 aromatic heterocycles. The second-order valence-electron chi connectivity index (χ2n) is 8.35. The van der Waals surface area contributed by atoms with Gasteiger partial charge in [0, 0.05) is 44.8 Å². The molecular formula is C23H29N3O5S2. The predicted molar refractivity (Wildman–Crippen MR) is 125 cm³/mol. The highest BCUT2D eigenvalue weighted by Crippen LogP contribution is 2.22. The molecule has 0 aliphatic carbocycles. The molecule has 0 N–H and O–H groups in total. The lowest BCUT2D eigenvalue weighted by Gasteiger charge is -2.34. The van der Waals surface area contributed by atoms with Crippen LogP contribution in [0.3, 0.4) is 0 Å². The number of piperazine rings is 1. The number of sulfonamides is 2. The quantitative estimate of drug-likeness (QED) is 0.640. The zero-order chi connectivity index (χ0) is 23.5. The second-order valence-corrected chi connectivity index (χ2v) is 12.2. The molecule has 2 aliphatic rings. The van der Waals surface area contributed by atoms with Crippen molar-refractivity contribution in [3.8, 4) is 0 Å². The van der Waals surface area contributed by atoms with Crippen LogP contribution in [-0.4, -0.2) is 75.5 Å². The number of carbonyl (C=O) groups is 1. The highest BCUT2D eigenvalue weighted by atomic mass is 32.2. The average Bonchev–Trinajstić information content (AvgIpc) is 3.15. The van der Waals surface area contributed by atoms with Crippen molar-refractivity contribution in [2.45, 2.75) is 35.5 Å². The van der Waals surface area contributed by atoms with Crippen LogP contribution in [-0.2, 0) is 20.0 Å². The zero-order valence-electron chi connectivity index (χ0n) is 18.5. The number of amides is 1. The van der Waals surface area contributed by atoms with Crippen LogP contribution in [0.1, 0.15) is 36.0 Å². The first kappa shape index (κ1) is 23.9. The summed E-state index contributed by atoms with van der Waals surface area (Å²) in [6.45, 7) is 2.03. The first-order valence-electron chi connectivity index (χ1n) is 11.2. The van der Waals surface area contributed by atoms with Gasteiger partial charge in [0.2, 0.25) is 20.0 Å². The Morgan fingerprint density at radius 2 is 1.06 bits per heavy atom. The van der Waals surface area contributed by atoms with E-state index >= 15 is 0 Å². The highest BCUT2D eigenvalue weighted by Gasteiger charge is 2.31. The molecule has 1 amide bonds. The number of benzene rings is 2. The van der Waals surface area contributed by atoms with Gasteiger partial charge in [-0.3, -0.25) is 4.79 Å². The van der Waals surface area contributed by atoms with Gasteiger partial charge in [-0.15, -0.1) is 0 Å². The fourth-order valence-electron chi connectivity index (χ4n) is 4.26. The predicted octanol–water partition coefficient (Wildman–Crippen LogP) is 2.40. The van der Waals surface area contributed by atoms with E-state index in [0.717, 1.165) is 25.7 Å². The molecular weight excluding hydrogens is 462 g/mol. The Kier molecular flexibility index (Phi) is 7.18. The van der Waals surface area contributed by atoms with Crippen molar-refractivity contribution in [2.24, 2.45) is 0 Å². The molecule has 0 atom stereocenters. The Morgan fingerprint density at radius 3 is 1.61 bits per heavy atom. The normalized spacial score (nSPS) is 19.2. The van der Waals surface area contributed by atoms with Crippen LogP contribution in [0.4, 0.5) is 0 Å². The molecule has 0 radical (unpaired) electrons. The largest absolute Gasteiger partial charge is 0.336 e. The van der Waals surface area contributed by atoms with Crippen molar-refractivity contribution in [1.82, 2.24) is 13.5 Å². The van der Waals surface area contributed by atoms with Gasteiger partial charge in [0.15, 0.2) is 0 Å². The van der Waals surface area contributed by atoms with E-state index in [9.17, 15) is 21.6 Å². The van der Waals surface area contributed by atoms with Crippen LogP contribution in [0, 0.1) is 0 Å². The monoisotopic (exact) mass is 491 g/mol. The van der Waals surface area contributed by atoms with E-state index in [1.807, 2.05) is 0 Å². The fourth-order valence-corrected chi connectivity index (χ4v) is 7.22. The Hall–Kier alpha value is -2.27. The molecule has 2 aromatic rings. The van der Waals surface area contributed by atoms with Gasteiger partial charge >= 0.3 is 0 Å². The molecule has 0 bridgehead atoms. The summed E-state index contributed by atoms with van der Waals surface area (Å²) in [5.41, 5.74) is 0.393. The molecule has 33 heavy (non-hydrogen) atoms. The van der Waals surface area contributed by atoms with E-state index < -0.39 is 20.0 Å². The van der Waals surface area contributed by atoms with Gasteiger partial charge in [0.25, 0.3) is 5.91 Å². The third-order valence-corrected chi connectivity index (χ3v) is 10.0. The first-order valence-corrected chi connectivity index (χ1v) is 14.1. The van der Waals surface area contributed by atoms with E-state index in [4.69, 9.17) is 0 Å². The summed E-state index contributed by atoms with van der Waals surface area (Å²) in [6, 6.07) is 14.3. The van der Waals surface area contributed by atoms with Crippen LogP contribution in [0.15, 0.2) is 64.4 Å². The van der Waals surface area contributed by atoms with Gasteiger partial charge in [-0.25, -0.2) is 16.8 Å². The van der Waals surface area contributed by atoms with Gasteiger partial charge in [-0.2, -0.15) is 8.61 Å². The lowest BCUT2D eigenvalue weighted by molar-refractivity contribution is 0.0698. The van der Waals surface area contributed by atoms with E-state index in [2.05, 4.69) is 0 Å². The standard InChI is InChI=1S/C23H29N3O5S2/c27-23(24-16-18-26(19-17-24)32(28,29)21-8-4-3-5-9-21)20-10-12-22(13-11-20)33(30,31)25-14-6-1-2-7-15-25/h3-5,8-13H,1-2,6-7,14-19H2. The SMILES string of the molecule is O=C(c1ccc(S(=O)(=O)N2CCCCCC2)cc1)N1CCN(S(=O)(=O)c2ccccc2)CC1. The summed E-state index contributed by atoms with van der Waals surface area (Å²) in [6.07, 6.45) is 3.81. The molecule has 0 saturated carbocycles. The summed E-state index contributed by atoms with van der Waals surface area (Å²) < 4.78 is 54.4. The first-order chi connectivity index (χ1) is 15.8. The van der Waals surface area contributed by atoms with Crippen LogP contribution in [0.2, 0.25) is 0 Å². The fraction of sp³-hybridized carbons (Fsp3) is 0.435. The van der Waals surface area contributed by atoms with Crippen LogP contribution >= 0.6 is 0 Å². The molecule has 2 aromatic carbocycles. The summed E-state index contributed by atoms with van der Waals surface area (Å²) >= 11 is 0. The summed E-state index contributed by atoms with van der Waals surface area (Å²) in [4.78, 5) is 15.0. The maximum absolute atomic E-state index is 12.9. The maximum Gasteiger partial charge on any atom is 0.253 e. The average molecular weight is 492 g/mol.